The number of unbranched alkanes of at least 4 members (excludes halogenated alkanes) is 1. The molecule has 0 aromatic heterocycles. The van der Waals surface area contributed by atoms with Crippen LogP contribution in [0, 0.1) is 5.92 Å². The van der Waals surface area contributed by atoms with Gasteiger partial charge in [0, 0.05) is 30.3 Å². The number of phenolic OH excluding ortho intramolecular Hbond substituents is 1. The predicted molar refractivity (Wildman–Crippen MR) is 179 cm³/mol. The third kappa shape index (κ3) is 14.1. The lowest BCUT2D eigenvalue weighted by molar-refractivity contribution is -0.142. The van der Waals surface area contributed by atoms with Crippen molar-refractivity contribution in [3.05, 3.63) is 59.7 Å². The molecule has 258 valence electrons. The second kappa shape index (κ2) is 20.2. The zero-order chi connectivity index (χ0) is 34.9. The minimum absolute atomic E-state index is 0.000195. The summed E-state index contributed by atoms with van der Waals surface area (Å²) < 4.78 is 5.16. The first kappa shape index (κ1) is 39.1. The number of carbonyl (C=O) groups is 5. The van der Waals surface area contributed by atoms with Crippen molar-refractivity contribution in [3.63, 3.8) is 0 Å². The fraction of sp³-hybridized carbons (Fsp3) is 0.500. The van der Waals surface area contributed by atoms with Gasteiger partial charge in [0.2, 0.25) is 11.8 Å². The van der Waals surface area contributed by atoms with Gasteiger partial charge in [0.25, 0.3) is 0 Å². The minimum Gasteiger partial charge on any atom is -0.504 e. The second-order valence-corrected chi connectivity index (χ2v) is 12.9. The topological polar surface area (TPSA) is 205 Å². The Kier molecular flexibility index (Phi) is 16.8. The molecule has 0 fully saturated rings. The number of methoxy groups -OCH3 is 1. The number of carbonyl (C=O) groups excluding carboxylic acids is 3. The molecule has 7 N–H and O–H groups in total. The summed E-state index contributed by atoms with van der Waals surface area (Å²) in [6.07, 6.45) is 2.97. The number of aromatic hydroxyl groups is 1. The highest BCUT2D eigenvalue weighted by Gasteiger charge is 2.31. The highest BCUT2D eigenvalue weighted by Crippen LogP contribution is 2.30. The van der Waals surface area contributed by atoms with Crippen LogP contribution in [-0.2, 0) is 36.8 Å². The number of benzene rings is 2. The lowest BCUT2D eigenvalue weighted by Crippen LogP contribution is -2.56. The van der Waals surface area contributed by atoms with Crippen molar-refractivity contribution in [1.82, 2.24) is 10.6 Å². The number of carboxylic acids is 2. The van der Waals surface area contributed by atoms with E-state index in [0.29, 0.717) is 17.7 Å². The van der Waals surface area contributed by atoms with Crippen molar-refractivity contribution in [2.75, 3.05) is 12.9 Å². The summed E-state index contributed by atoms with van der Waals surface area (Å²) in [5.41, 5.74) is 7.28. The van der Waals surface area contributed by atoms with Crippen LogP contribution in [0.4, 0.5) is 0 Å². The van der Waals surface area contributed by atoms with Crippen LogP contribution in [0.3, 0.4) is 0 Å². The Balaban J connectivity index is 2.21. The predicted octanol–water partition coefficient (Wildman–Crippen LogP) is 3.32. The molecule has 0 heterocycles. The fourth-order valence-electron chi connectivity index (χ4n) is 4.91. The third-order valence-corrected chi connectivity index (χ3v) is 9.34. The molecule has 12 nitrogen and oxygen atoms in total. The number of ketones is 1. The number of nitrogens with two attached hydrogens (primary N) is 1. The van der Waals surface area contributed by atoms with Gasteiger partial charge >= 0.3 is 11.9 Å². The minimum atomic E-state index is -1.42. The summed E-state index contributed by atoms with van der Waals surface area (Å²) in [5.74, 6) is -3.76. The van der Waals surface area contributed by atoms with E-state index in [1.54, 1.807) is 42.5 Å². The third-order valence-electron chi connectivity index (χ3n) is 7.75. The number of thioether (sulfide) groups is 1. The number of Topliss-reactive ketones (excluding diaryl/α,β-unsaturated/α-hetero) is 1. The van der Waals surface area contributed by atoms with E-state index in [9.17, 15) is 34.2 Å². The number of nitrogens with one attached hydrogen (secondary N) is 2. The van der Waals surface area contributed by atoms with E-state index in [1.165, 1.54) is 24.9 Å². The van der Waals surface area contributed by atoms with Crippen LogP contribution in [0.1, 0.15) is 63.5 Å². The first-order chi connectivity index (χ1) is 22.3. The van der Waals surface area contributed by atoms with Gasteiger partial charge in [0.05, 0.1) is 19.6 Å². The lowest BCUT2D eigenvalue weighted by atomic mass is 9.95. The van der Waals surface area contributed by atoms with Gasteiger partial charge in [-0.1, -0.05) is 63.1 Å². The summed E-state index contributed by atoms with van der Waals surface area (Å²) in [6.45, 7) is 4.10. The zero-order valence-corrected chi connectivity index (χ0v) is 28.0. The SMILES string of the molecule is CCCCC(C)C(CC(=O)CCc1ccc(O)c(OC)c1)SCC(NC(=O)C(N)CC(=O)O)C(=O)NC(Cc1ccccc1)C(=O)O. The number of phenols is 1. The average molecular weight is 674 g/mol. The zero-order valence-electron chi connectivity index (χ0n) is 27.1. The first-order valence-electron chi connectivity index (χ1n) is 15.7. The quantitative estimate of drug-likeness (QED) is 0.107. The smallest absolute Gasteiger partial charge is 0.326 e. The second-order valence-electron chi connectivity index (χ2n) is 11.6. The number of aryl methyl sites for hydroxylation is 1. The number of hydrogen-bond acceptors (Lipinski definition) is 9. The van der Waals surface area contributed by atoms with Gasteiger partial charge in [-0.2, -0.15) is 11.8 Å². The van der Waals surface area contributed by atoms with E-state index in [-0.39, 0.29) is 47.7 Å². The molecular formula is C34H47N3O9S. The summed E-state index contributed by atoms with van der Waals surface area (Å²) >= 11 is 1.33. The Morgan fingerprint density at radius 3 is 2.23 bits per heavy atom. The summed E-state index contributed by atoms with van der Waals surface area (Å²) in [5, 5.41) is 33.6. The van der Waals surface area contributed by atoms with Crippen molar-refractivity contribution in [1.29, 1.82) is 0 Å². The lowest BCUT2D eigenvalue weighted by Gasteiger charge is -2.27. The largest absolute Gasteiger partial charge is 0.504 e. The van der Waals surface area contributed by atoms with Crippen molar-refractivity contribution < 1.29 is 44.0 Å². The van der Waals surface area contributed by atoms with Gasteiger partial charge < -0.3 is 36.4 Å². The van der Waals surface area contributed by atoms with E-state index in [4.69, 9.17) is 15.6 Å². The maximum atomic E-state index is 13.5. The Morgan fingerprint density at radius 2 is 1.62 bits per heavy atom. The van der Waals surface area contributed by atoms with Crippen molar-refractivity contribution >= 4 is 41.3 Å². The number of amides is 2. The molecule has 0 aliphatic carbocycles. The summed E-state index contributed by atoms with van der Waals surface area (Å²) in [7, 11) is 1.45. The molecule has 0 radical (unpaired) electrons. The van der Waals surface area contributed by atoms with Crippen molar-refractivity contribution in [2.45, 2.75) is 88.6 Å². The Bertz CT molecular complexity index is 1340. The van der Waals surface area contributed by atoms with Crippen molar-refractivity contribution in [3.8, 4) is 11.5 Å². The number of carboxylic acid groups (broad SMARTS) is 2. The van der Waals surface area contributed by atoms with E-state index >= 15 is 0 Å². The van der Waals surface area contributed by atoms with Crippen LogP contribution in [0.5, 0.6) is 11.5 Å². The summed E-state index contributed by atoms with van der Waals surface area (Å²) in [6, 6.07) is 9.73. The highest BCUT2D eigenvalue weighted by molar-refractivity contribution is 8.00. The van der Waals surface area contributed by atoms with Gasteiger partial charge in [0.1, 0.15) is 17.9 Å². The standard InChI is InChI=1S/C34H47N3O9S/c1-4-5-9-21(2)30(18-24(38)14-12-23-13-15-28(39)29(17-23)46-3)47-20-27(37-32(42)25(35)19-31(40)41)33(43)36-26(34(44)45)16-22-10-7-6-8-11-22/h6-8,10-11,13,15,17,21,25-27,30,39H,4-5,9,12,14,16,18-20,35H2,1-3H3,(H,36,43)(H,37,42)(H,40,41)(H,44,45). The average Bonchev–Trinajstić information content (AvgIpc) is 3.03. The van der Waals surface area contributed by atoms with E-state index < -0.39 is 48.3 Å². The van der Waals surface area contributed by atoms with Crippen LogP contribution < -0.4 is 21.1 Å². The maximum Gasteiger partial charge on any atom is 0.326 e. The molecule has 0 bridgehead atoms. The molecule has 5 unspecified atom stereocenters. The molecular weight excluding hydrogens is 626 g/mol. The van der Waals surface area contributed by atoms with Gasteiger partial charge in [-0.05, 0) is 42.0 Å². The molecule has 0 saturated carbocycles. The molecule has 47 heavy (non-hydrogen) atoms. The van der Waals surface area contributed by atoms with Gasteiger partial charge in [-0.15, -0.1) is 0 Å². The van der Waals surface area contributed by atoms with E-state index in [1.807, 2.05) is 6.92 Å². The van der Waals surface area contributed by atoms with Crippen LogP contribution in [0.25, 0.3) is 0 Å². The van der Waals surface area contributed by atoms with E-state index in [2.05, 4.69) is 17.6 Å². The van der Waals surface area contributed by atoms with Crippen LogP contribution in [0.15, 0.2) is 48.5 Å². The Hall–Kier alpha value is -4.10. The molecule has 13 heteroatoms. The maximum absolute atomic E-state index is 13.5. The summed E-state index contributed by atoms with van der Waals surface area (Å²) in [4.78, 5) is 62.7. The molecule has 2 amide bonds. The number of ether oxygens (including phenoxy) is 1. The monoisotopic (exact) mass is 673 g/mol. The Morgan fingerprint density at radius 1 is 0.936 bits per heavy atom. The fourth-order valence-corrected chi connectivity index (χ4v) is 6.35. The molecule has 0 aliphatic heterocycles. The number of hydrogen-bond donors (Lipinski definition) is 6. The van der Waals surface area contributed by atoms with Gasteiger partial charge in [-0.3, -0.25) is 19.2 Å². The van der Waals surface area contributed by atoms with Crippen molar-refractivity contribution in [2.24, 2.45) is 11.7 Å². The molecule has 2 aromatic rings. The van der Waals surface area contributed by atoms with E-state index in [0.717, 1.165) is 24.8 Å². The molecule has 0 spiro atoms. The molecule has 2 aromatic carbocycles. The van der Waals surface area contributed by atoms with Crippen LogP contribution in [0.2, 0.25) is 0 Å². The number of rotatable bonds is 22. The Labute approximate surface area is 279 Å². The molecule has 0 saturated heterocycles. The number of aliphatic carboxylic acids is 2. The van der Waals surface area contributed by atoms with Gasteiger partial charge in [0.15, 0.2) is 11.5 Å². The molecule has 5 atom stereocenters. The highest BCUT2D eigenvalue weighted by atomic mass is 32.2. The van der Waals surface area contributed by atoms with Crippen LogP contribution >= 0.6 is 11.8 Å². The molecule has 0 aliphatic rings. The first-order valence-corrected chi connectivity index (χ1v) is 16.7. The van der Waals surface area contributed by atoms with Gasteiger partial charge in [-0.25, -0.2) is 4.79 Å². The van der Waals surface area contributed by atoms with Crippen LogP contribution in [-0.4, -0.2) is 81.1 Å². The molecule has 2 rings (SSSR count). The normalized spacial score (nSPS) is 14.2.